The molecular weight excluding hydrogens is 498 g/mol. The van der Waals surface area contributed by atoms with Gasteiger partial charge in [0, 0.05) is 54.8 Å². The van der Waals surface area contributed by atoms with Gasteiger partial charge in [-0.05, 0) is 58.6 Å². The van der Waals surface area contributed by atoms with Gasteiger partial charge in [-0.15, -0.1) is 0 Å². The number of hydrogen-bond acceptors (Lipinski definition) is 7. The predicted molar refractivity (Wildman–Crippen MR) is 144 cm³/mol. The summed E-state index contributed by atoms with van der Waals surface area (Å²) in [5.41, 5.74) is 1.13. The molecule has 0 bridgehead atoms. The van der Waals surface area contributed by atoms with Gasteiger partial charge in [-0.1, -0.05) is 12.1 Å². The average molecular weight is 532 g/mol. The van der Waals surface area contributed by atoms with Crippen molar-refractivity contribution >= 4 is 23.7 Å². The fourth-order valence-corrected chi connectivity index (χ4v) is 4.66. The van der Waals surface area contributed by atoms with Gasteiger partial charge in [0.25, 0.3) is 11.8 Å². The maximum atomic E-state index is 13.5. The van der Waals surface area contributed by atoms with E-state index in [4.69, 9.17) is 4.74 Å². The van der Waals surface area contributed by atoms with E-state index >= 15 is 0 Å². The van der Waals surface area contributed by atoms with Crippen molar-refractivity contribution in [2.75, 3.05) is 18.4 Å². The molecule has 3 heterocycles. The number of amides is 3. The van der Waals surface area contributed by atoms with Crippen molar-refractivity contribution in [3.8, 4) is 11.4 Å². The van der Waals surface area contributed by atoms with Gasteiger partial charge in [-0.25, -0.2) is 14.8 Å². The van der Waals surface area contributed by atoms with Gasteiger partial charge in [-0.3, -0.25) is 14.7 Å². The number of nitrogens with one attached hydrogen (secondary N) is 2. The van der Waals surface area contributed by atoms with Crippen LogP contribution in [0.25, 0.3) is 11.4 Å². The molecule has 1 saturated heterocycles. The summed E-state index contributed by atoms with van der Waals surface area (Å²) in [4.78, 5) is 50.9. The molecule has 1 aliphatic heterocycles. The van der Waals surface area contributed by atoms with Crippen LogP contribution in [0.5, 0.6) is 0 Å². The minimum Gasteiger partial charge on any atom is -0.444 e. The summed E-state index contributed by atoms with van der Waals surface area (Å²) in [5.74, 6) is 0.646. The van der Waals surface area contributed by atoms with E-state index in [-0.39, 0.29) is 30.0 Å². The molecule has 2 fully saturated rings. The summed E-state index contributed by atoms with van der Waals surface area (Å²) in [6.45, 7) is 6.69. The number of anilines is 1. The summed E-state index contributed by atoms with van der Waals surface area (Å²) in [6, 6.07) is 8.88. The minimum atomic E-state index is -0.534. The van der Waals surface area contributed by atoms with Crippen LogP contribution >= 0.6 is 0 Å². The molecule has 0 spiro atoms. The molecule has 1 saturated carbocycles. The van der Waals surface area contributed by atoms with Gasteiger partial charge in [0.05, 0.1) is 11.8 Å². The second kappa shape index (κ2) is 10.8. The molecule has 2 aromatic heterocycles. The lowest BCUT2D eigenvalue weighted by atomic mass is 10.0. The first-order valence-corrected chi connectivity index (χ1v) is 13.2. The summed E-state index contributed by atoms with van der Waals surface area (Å²) in [6.07, 6.45) is 7.77. The largest absolute Gasteiger partial charge is 0.444 e. The first-order valence-electron chi connectivity index (χ1n) is 13.2. The third-order valence-electron chi connectivity index (χ3n) is 6.74. The van der Waals surface area contributed by atoms with Crippen molar-refractivity contribution in [2.45, 2.75) is 64.1 Å². The van der Waals surface area contributed by atoms with Gasteiger partial charge in [0.15, 0.2) is 5.82 Å². The summed E-state index contributed by atoms with van der Waals surface area (Å²) < 4.78 is 5.50. The average Bonchev–Trinajstić information content (AvgIpc) is 3.62. The highest BCUT2D eigenvalue weighted by Crippen LogP contribution is 2.33. The molecule has 2 N–H and O–H groups in total. The van der Waals surface area contributed by atoms with Crippen LogP contribution in [-0.4, -0.2) is 78.6 Å². The van der Waals surface area contributed by atoms with Crippen LogP contribution in [0.4, 0.5) is 10.6 Å². The van der Waals surface area contributed by atoms with E-state index in [0.29, 0.717) is 48.7 Å². The molecule has 3 amide bonds. The van der Waals surface area contributed by atoms with E-state index in [2.05, 4.69) is 25.5 Å². The van der Waals surface area contributed by atoms with Gasteiger partial charge >= 0.3 is 6.09 Å². The summed E-state index contributed by atoms with van der Waals surface area (Å²) in [7, 11) is 0. The Balaban J connectivity index is 1.21. The molecule has 0 atom stereocenters. The molecule has 2 aliphatic rings. The van der Waals surface area contributed by atoms with Crippen molar-refractivity contribution in [1.82, 2.24) is 30.0 Å². The maximum Gasteiger partial charge on any atom is 0.410 e. The Morgan fingerprint density at radius 1 is 0.949 bits per heavy atom. The van der Waals surface area contributed by atoms with Crippen LogP contribution < -0.4 is 5.32 Å². The number of piperidine rings is 1. The summed E-state index contributed by atoms with van der Waals surface area (Å²) in [5, 5.41) is 9.23. The van der Waals surface area contributed by atoms with E-state index in [1.807, 2.05) is 25.7 Å². The Labute approximate surface area is 227 Å². The normalized spacial score (nSPS) is 16.0. The number of carbonyl (C=O) groups excluding carboxylic acids is 3. The van der Waals surface area contributed by atoms with Crippen molar-refractivity contribution < 1.29 is 19.1 Å². The van der Waals surface area contributed by atoms with E-state index in [9.17, 15) is 14.4 Å². The van der Waals surface area contributed by atoms with E-state index in [1.165, 1.54) is 0 Å². The molecule has 0 unspecified atom stereocenters. The summed E-state index contributed by atoms with van der Waals surface area (Å²) >= 11 is 0. The molecule has 1 aliphatic carbocycles. The molecule has 1 aromatic carbocycles. The second-order valence-electron chi connectivity index (χ2n) is 10.9. The van der Waals surface area contributed by atoms with E-state index in [0.717, 1.165) is 18.4 Å². The molecule has 204 valence electrons. The van der Waals surface area contributed by atoms with Crippen LogP contribution in [0, 0.1) is 0 Å². The van der Waals surface area contributed by atoms with E-state index < -0.39 is 5.60 Å². The number of H-pyrrole nitrogens is 1. The van der Waals surface area contributed by atoms with Crippen molar-refractivity contribution in [3.05, 3.63) is 60.0 Å². The van der Waals surface area contributed by atoms with Gasteiger partial charge in [0.2, 0.25) is 0 Å². The third-order valence-corrected chi connectivity index (χ3v) is 6.74. The Bertz CT molecular complexity index is 1310. The molecule has 3 aromatic rings. The van der Waals surface area contributed by atoms with Crippen LogP contribution in [0.1, 0.15) is 67.2 Å². The number of carbonyl (C=O) groups is 3. The third kappa shape index (κ3) is 6.42. The highest BCUT2D eigenvalue weighted by Gasteiger charge is 2.40. The van der Waals surface area contributed by atoms with Crippen molar-refractivity contribution in [1.29, 1.82) is 0 Å². The quantitative estimate of drug-likeness (QED) is 0.489. The number of rotatable bonds is 6. The Kier molecular flexibility index (Phi) is 7.32. The number of aromatic amines is 1. The topological polar surface area (TPSA) is 133 Å². The van der Waals surface area contributed by atoms with Gasteiger partial charge < -0.3 is 19.9 Å². The van der Waals surface area contributed by atoms with Crippen LogP contribution in [0.15, 0.2) is 48.9 Å². The number of likely N-dealkylation sites (tertiary alicyclic amines) is 1. The maximum absolute atomic E-state index is 13.5. The SMILES string of the molecule is CC(C)(C)OC(=O)N1CCC(N(C(=O)c2cnc(-c3ccc(C(=O)Nc4ccn[nH]4)cc3)nc2)C2CC2)CC1. The zero-order valence-corrected chi connectivity index (χ0v) is 22.4. The van der Waals surface area contributed by atoms with Crippen LogP contribution in [0.2, 0.25) is 0 Å². The Hall–Kier alpha value is -4.28. The number of nitrogens with zero attached hydrogens (tertiary/aromatic N) is 5. The van der Waals surface area contributed by atoms with Crippen molar-refractivity contribution in [3.63, 3.8) is 0 Å². The van der Waals surface area contributed by atoms with Crippen molar-refractivity contribution in [2.24, 2.45) is 0 Å². The lowest BCUT2D eigenvalue weighted by Gasteiger charge is -2.39. The molecular formula is C28H33N7O4. The molecule has 5 rings (SSSR count). The fraction of sp³-hybridized carbons (Fsp3) is 0.429. The van der Waals surface area contributed by atoms with Gasteiger partial charge in [0.1, 0.15) is 11.4 Å². The zero-order chi connectivity index (χ0) is 27.6. The van der Waals surface area contributed by atoms with Gasteiger partial charge in [-0.2, -0.15) is 5.10 Å². The molecule has 11 nitrogen and oxygen atoms in total. The first kappa shape index (κ1) is 26.3. The van der Waals surface area contributed by atoms with Crippen LogP contribution in [0.3, 0.4) is 0 Å². The standard InChI is InChI=1S/C28H33N7O4/c1-28(2,3)39-27(38)34-14-11-22(12-15-34)35(21-8-9-21)26(37)20-16-29-24(30-17-20)18-4-6-19(7-5-18)25(36)32-23-10-13-31-33-23/h4-7,10,13,16-17,21-22H,8-9,11-12,14-15H2,1-3H3,(H2,31,32,33,36). The first-order chi connectivity index (χ1) is 18.7. The number of benzene rings is 1. The molecule has 0 radical (unpaired) electrons. The van der Waals surface area contributed by atoms with Crippen LogP contribution in [-0.2, 0) is 4.74 Å². The fourth-order valence-electron chi connectivity index (χ4n) is 4.66. The Morgan fingerprint density at radius 3 is 2.15 bits per heavy atom. The zero-order valence-electron chi connectivity index (χ0n) is 22.4. The second-order valence-corrected chi connectivity index (χ2v) is 10.9. The predicted octanol–water partition coefficient (Wildman–Crippen LogP) is 4.12. The minimum absolute atomic E-state index is 0.0591. The highest BCUT2D eigenvalue weighted by molar-refractivity contribution is 6.04. The lowest BCUT2D eigenvalue weighted by molar-refractivity contribution is 0.0142. The highest BCUT2D eigenvalue weighted by atomic mass is 16.6. The number of ether oxygens (including phenoxy) is 1. The van der Waals surface area contributed by atoms with E-state index in [1.54, 1.807) is 53.8 Å². The molecule has 39 heavy (non-hydrogen) atoms. The smallest absolute Gasteiger partial charge is 0.410 e. The Morgan fingerprint density at radius 2 is 1.59 bits per heavy atom. The molecule has 11 heteroatoms. The monoisotopic (exact) mass is 531 g/mol. The lowest BCUT2D eigenvalue weighted by Crippen LogP contribution is -2.50. The number of aromatic nitrogens is 4. The number of hydrogen-bond donors (Lipinski definition) is 2.